The molecule has 0 aliphatic heterocycles. The summed E-state index contributed by atoms with van der Waals surface area (Å²) in [5.41, 5.74) is 2.69. The molecule has 106 valence electrons. The van der Waals surface area contributed by atoms with E-state index >= 15 is 0 Å². The minimum absolute atomic E-state index is 0.300. The maximum absolute atomic E-state index is 11.5. The lowest BCUT2D eigenvalue weighted by atomic mass is 10.2. The number of sulfone groups is 1. The molecular weight excluding hydrogens is 286 g/mol. The fraction of sp³-hybridized carbons (Fsp3) is 0.0667. The molecule has 0 unspecified atom stereocenters. The van der Waals surface area contributed by atoms with Gasteiger partial charge in [-0.3, -0.25) is 9.55 Å². The van der Waals surface area contributed by atoms with Gasteiger partial charge < -0.3 is 0 Å². The summed E-state index contributed by atoms with van der Waals surface area (Å²) in [5.74, 6) is 0. The van der Waals surface area contributed by atoms with Gasteiger partial charge in [0.05, 0.1) is 23.1 Å². The number of imidazole rings is 1. The Morgan fingerprint density at radius 3 is 2.38 bits per heavy atom. The first-order valence-corrected chi connectivity index (χ1v) is 8.18. The average Bonchev–Trinajstić information content (AvgIpc) is 2.97. The van der Waals surface area contributed by atoms with Crippen LogP contribution in [-0.2, 0) is 9.84 Å². The van der Waals surface area contributed by atoms with Gasteiger partial charge in [-0.15, -0.1) is 0 Å². The van der Waals surface area contributed by atoms with Crippen molar-refractivity contribution in [2.75, 3.05) is 6.26 Å². The maximum Gasteiger partial charge on any atom is 0.175 e. The van der Waals surface area contributed by atoms with Crippen molar-refractivity contribution in [3.63, 3.8) is 0 Å². The highest BCUT2D eigenvalue weighted by Gasteiger charge is 2.09. The Labute approximate surface area is 122 Å². The third-order valence-corrected chi connectivity index (χ3v) is 4.27. The third-order valence-electron chi connectivity index (χ3n) is 3.14. The van der Waals surface area contributed by atoms with Crippen molar-refractivity contribution in [1.29, 1.82) is 0 Å². The number of nitrogens with zero attached hydrogens (tertiary/aromatic N) is 3. The van der Waals surface area contributed by atoms with Crippen molar-refractivity contribution in [3.05, 3.63) is 61.3 Å². The summed E-state index contributed by atoms with van der Waals surface area (Å²) in [4.78, 5) is 8.56. The van der Waals surface area contributed by atoms with E-state index in [1.807, 2.05) is 16.7 Å². The van der Waals surface area contributed by atoms with Gasteiger partial charge in [-0.25, -0.2) is 13.4 Å². The molecule has 1 aromatic carbocycles. The zero-order valence-electron chi connectivity index (χ0n) is 11.3. The van der Waals surface area contributed by atoms with Crippen molar-refractivity contribution in [2.45, 2.75) is 4.90 Å². The Morgan fingerprint density at radius 1 is 1.00 bits per heavy atom. The molecule has 2 heterocycles. The average molecular weight is 299 g/mol. The first-order valence-electron chi connectivity index (χ1n) is 6.29. The van der Waals surface area contributed by atoms with Gasteiger partial charge in [0.1, 0.15) is 0 Å². The number of benzene rings is 1. The highest BCUT2D eigenvalue weighted by atomic mass is 32.2. The van der Waals surface area contributed by atoms with Gasteiger partial charge in [0.2, 0.25) is 0 Å². The van der Waals surface area contributed by atoms with E-state index in [4.69, 9.17) is 0 Å². The van der Waals surface area contributed by atoms with Crippen LogP contribution < -0.4 is 0 Å². The van der Waals surface area contributed by atoms with Gasteiger partial charge in [0.25, 0.3) is 0 Å². The highest BCUT2D eigenvalue weighted by Crippen LogP contribution is 2.22. The molecule has 21 heavy (non-hydrogen) atoms. The van der Waals surface area contributed by atoms with E-state index < -0.39 is 9.84 Å². The Hall–Kier alpha value is -2.47. The Morgan fingerprint density at radius 2 is 1.76 bits per heavy atom. The van der Waals surface area contributed by atoms with Crippen LogP contribution in [0.1, 0.15) is 0 Å². The van der Waals surface area contributed by atoms with Crippen molar-refractivity contribution < 1.29 is 8.42 Å². The van der Waals surface area contributed by atoms with Crippen LogP contribution >= 0.6 is 0 Å². The first-order chi connectivity index (χ1) is 10.1. The van der Waals surface area contributed by atoms with E-state index in [2.05, 4.69) is 9.97 Å². The molecule has 0 saturated carbocycles. The summed E-state index contributed by atoms with van der Waals surface area (Å²) in [5, 5.41) is 0. The molecule has 0 radical (unpaired) electrons. The number of aromatic nitrogens is 3. The number of rotatable bonds is 3. The molecule has 0 aliphatic carbocycles. The summed E-state index contributed by atoms with van der Waals surface area (Å²) in [6.45, 7) is 0. The minimum Gasteiger partial charge on any atom is -0.299 e. The zero-order valence-corrected chi connectivity index (χ0v) is 12.2. The van der Waals surface area contributed by atoms with Crippen molar-refractivity contribution in [2.24, 2.45) is 0 Å². The molecule has 0 amide bonds. The standard InChI is InChI=1S/C15H13N3O2S/c1-21(19,20)14-6-4-13(5-7-14)18-11-17-10-15(18)12-3-2-8-16-9-12/h2-11H,1H3. The summed E-state index contributed by atoms with van der Waals surface area (Å²) in [6.07, 6.45) is 8.11. The largest absolute Gasteiger partial charge is 0.299 e. The van der Waals surface area contributed by atoms with Crippen LogP contribution in [0, 0.1) is 0 Å². The Bertz CT molecular complexity index is 853. The lowest BCUT2D eigenvalue weighted by Crippen LogP contribution is -1.99. The molecule has 3 aromatic rings. The minimum atomic E-state index is -3.19. The molecule has 6 heteroatoms. The first kappa shape index (κ1) is 13.5. The summed E-state index contributed by atoms with van der Waals surface area (Å²) < 4.78 is 24.9. The normalized spacial score (nSPS) is 11.5. The molecule has 0 fully saturated rings. The van der Waals surface area contributed by atoms with Crippen molar-refractivity contribution in [3.8, 4) is 16.9 Å². The quantitative estimate of drug-likeness (QED) is 0.744. The Kier molecular flexibility index (Phi) is 3.31. The van der Waals surface area contributed by atoms with Crippen LogP contribution in [-0.4, -0.2) is 29.2 Å². The SMILES string of the molecule is CS(=O)(=O)c1ccc(-n2cncc2-c2cccnc2)cc1. The second-order valence-corrected chi connectivity index (χ2v) is 6.67. The van der Waals surface area contributed by atoms with E-state index in [1.165, 1.54) is 6.26 Å². The summed E-state index contributed by atoms with van der Waals surface area (Å²) in [7, 11) is -3.19. The second kappa shape index (κ2) is 5.14. The molecule has 0 N–H and O–H groups in total. The van der Waals surface area contributed by atoms with Gasteiger partial charge in [0, 0.05) is 29.9 Å². The molecular formula is C15H13N3O2S. The van der Waals surface area contributed by atoms with Crippen LogP contribution in [0.15, 0.2) is 66.2 Å². The van der Waals surface area contributed by atoms with E-state index in [-0.39, 0.29) is 0 Å². The van der Waals surface area contributed by atoms with Gasteiger partial charge in [-0.2, -0.15) is 0 Å². The monoisotopic (exact) mass is 299 g/mol. The number of hydrogen-bond acceptors (Lipinski definition) is 4. The van der Waals surface area contributed by atoms with Gasteiger partial charge in [-0.05, 0) is 36.4 Å². The molecule has 0 atom stereocenters. The van der Waals surface area contributed by atoms with Crippen LogP contribution in [0.2, 0.25) is 0 Å². The molecule has 0 saturated heterocycles. The molecule has 2 aromatic heterocycles. The van der Waals surface area contributed by atoms with E-state index in [0.717, 1.165) is 16.9 Å². The lowest BCUT2D eigenvalue weighted by Gasteiger charge is -2.08. The van der Waals surface area contributed by atoms with E-state index in [1.54, 1.807) is 49.2 Å². The van der Waals surface area contributed by atoms with Crippen molar-refractivity contribution in [1.82, 2.24) is 14.5 Å². The second-order valence-electron chi connectivity index (χ2n) is 4.66. The molecule has 0 spiro atoms. The Balaban J connectivity index is 2.05. The topological polar surface area (TPSA) is 64.8 Å². The molecule has 0 aliphatic rings. The van der Waals surface area contributed by atoms with Crippen LogP contribution in [0.25, 0.3) is 16.9 Å². The summed E-state index contributed by atoms with van der Waals surface area (Å²) >= 11 is 0. The van der Waals surface area contributed by atoms with E-state index in [9.17, 15) is 8.42 Å². The molecule has 5 nitrogen and oxygen atoms in total. The predicted octanol–water partition coefficient (Wildman–Crippen LogP) is 2.34. The predicted molar refractivity (Wildman–Crippen MR) is 79.9 cm³/mol. The van der Waals surface area contributed by atoms with Crippen LogP contribution in [0.3, 0.4) is 0 Å². The maximum atomic E-state index is 11.5. The molecule has 0 bridgehead atoms. The fourth-order valence-corrected chi connectivity index (χ4v) is 2.71. The number of hydrogen-bond donors (Lipinski definition) is 0. The third kappa shape index (κ3) is 2.71. The highest BCUT2D eigenvalue weighted by molar-refractivity contribution is 7.90. The fourth-order valence-electron chi connectivity index (χ4n) is 2.08. The smallest absolute Gasteiger partial charge is 0.175 e. The van der Waals surface area contributed by atoms with Gasteiger partial charge in [-0.1, -0.05) is 0 Å². The molecule has 3 rings (SSSR count). The van der Waals surface area contributed by atoms with E-state index in [0.29, 0.717) is 4.90 Å². The number of pyridine rings is 1. The van der Waals surface area contributed by atoms with Gasteiger partial charge >= 0.3 is 0 Å². The summed E-state index contributed by atoms with van der Waals surface area (Å²) in [6, 6.07) is 10.5. The van der Waals surface area contributed by atoms with Crippen LogP contribution in [0.4, 0.5) is 0 Å². The van der Waals surface area contributed by atoms with Gasteiger partial charge in [0.15, 0.2) is 9.84 Å². The van der Waals surface area contributed by atoms with Crippen molar-refractivity contribution >= 4 is 9.84 Å². The lowest BCUT2D eigenvalue weighted by molar-refractivity contribution is 0.602. The van der Waals surface area contributed by atoms with Crippen LogP contribution in [0.5, 0.6) is 0 Å². The zero-order chi connectivity index (χ0) is 14.9.